The quantitative estimate of drug-likeness (QED) is 0.216. The fourth-order valence-corrected chi connectivity index (χ4v) is 4.28. The summed E-state index contributed by atoms with van der Waals surface area (Å²) in [5, 5.41) is 11.3. The monoisotopic (exact) mass is 564 g/mol. The van der Waals surface area contributed by atoms with E-state index in [2.05, 4.69) is 4.98 Å². The highest BCUT2D eigenvalue weighted by molar-refractivity contribution is 6.32. The standard InChI is InChI=1S/C29H29ClF4N2O3/c1-16-12-17(4-8-22(16)31)23-14-19(27(2,3)35)15-26(36-23)28(38,29(32,33)34)11-10-24(37)18-5-9-25(21(30)13-18)39-20-6-7-20/h4-5,8-9,12-15,20,38H,6-7,10-11,35H2,1-3H3. The summed E-state index contributed by atoms with van der Waals surface area (Å²) >= 11 is 6.21. The minimum Gasteiger partial charge on any atom is -0.489 e. The second-order valence-electron chi connectivity index (χ2n) is 10.6. The number of pyridine rings is 1. The van der Waals surface area contributed by atoms with E-state index in [1.165, 1.54) is 49.4 Å². The van der Waals surface area contributed by atoms with E-state index in [0.29, 0.717) is 11.3 Å². The van der Waals surface area contributed by atoms with Crippen molar-refractivity contribution in [3.05, 3.63) is 81.8 Å². The molecule has 3 aromatic rings. The van der Waals surface area contributed by atoms with Crippen LogP contribution in [0.1, 0.15) is 66.7 Å². The number of benzene rings is 2. The van der Waals surface area contributed by atoms with Gasteiger partial charge in [0.25, 0.3) is 0 Å². The summed E-state index contributed by atoms with van der Waals surface area (Å²) < 4.78 is 62.8. The van der Waals surface area contributed by atoms with Crippen molar-refractivity contribution in [1.29, 1.82) is 0 Å². The van der Waals surface area contributed by atoms with E-state index in [-0.39, 0.29) is 33.5 Å². The molecule has 1 saturated carbocycles. The molecule has 3 N–H and O–H groups in total. The Kier molecular flexibility index (Phi) is 7.82. The molecule has 208 valence electrons. The zero-order valence-corrected chi connectivity index (χ0v) is 22.5. The first-order chi connectivity index (χ1) is 18.1. The van der Waals surface area contributed by atoms with Crippen LogP contribution in [0.3, 0.4) is 0 Å². The van der Waals surface area contributed by atoms with E-state index >= 15 is 0 Å². The molecule has 1 atom stereocenters. The lowest BCUT2D eigenvalue weighted by Crippen LogP contribution is -2.44. The third-order valence-corrected chi connectivity index (χ3v) is 7.00. The molecule has 1 aliphatic carbocycles. The number of carbonyl (C=O) groups is 1. The number of nitrogens with zero attached hydrogens (tertiary/aromatic N) is 1. The fourth-order valence-electron chi connectivity index (χ4n) is 4.06. The lowest BCUT2D eigenvalue weighted by atomic mass is 9.86. The predicted molar refractivity (Wildman–Crippen MR) is 140 cm³/mol. The number of alkyl halides is 3. The van der Waals surface area contributed by atoms with Crippen molar-refractivity contribution in [3.63, 3.8) is 0 Å². The number of aromatic nitrogens is 1. The summed E-state index contributed by atoms with van der Waals surface area (Å²) in [6.07, 6.45) is -4.91. The number of aliphatic hydroxyl groups is 1. The first-order valence-corrected chi connectivity index (χ1v) is 12.8. The predicted octanol–water partition coefficient (Wildman–Crippen LogP) is 7.00. The molecule has 0 spiro atoms. The third-order valence-electron chi connectivity index (χ3n) is 6.70. The molecule has 0 radical (unpaired) electrons. The SMILES string of the molecule is Cc1cc(-c2cc(C(C)(C)N)cc(C(O)(CCC(=O)c3ccc(OC4CC4)c(Cl)c3)C(F)(F)F)n2)ccc1F. The van der Waals surface area contributed by atoms with Crippen molar-refractivity contribution in [2.24, 2.45) is 5.73 Å². The number of aryl methyl sites for hydroxylation is 1. The van der Waals surface area contributed by atoms with Crippen molar-refractivity contribution in [2.45, 2.75) is 69.9 Å². The molecule has 1 unspecified atom stereocenters. The Labute approximate surface area is 229 Å². The van der Waals surface area contributed by atoms with Gasteiger partial charge in [-0.05, 0) is 99.7 Å². The highest BCUT2D eigenvalue weighted by Gasteiger charge is 2.56. The Hall–Kier alpha value is -3.01. The Morgan fingerprint density at radius 1 is 1.13 bits per heavy atom. The van der Waals surface area contributed by atoms with Crippen molar-refractivity contribution in [3.8, 4) is 17.0 Å². The minimum absolute atomic E-state index is 0.0798. The van der Waals surface area contributed by atoms with Crippen LogP contribution in [0.15, 0.2) is 48.5 Å². The van der Waals surface area contributed by atoms with Gasteiger partial charge in [0.05, 0.1) is 22.5 Å². The van der Waals surface area contributed by atoms with Gasteiger partial charge in [-0.25, -0.2) is 9.37 Å². The van der Waals surface area contributed by atoms with Crippen molar-refractivity contribution in [1.82, 2.24) is 4.98 Å². The molecule has 10 heteroatoms. The largest absolute Gasteiger partial charge is 0.489 e. The Balaban J connectivity index is 1.69. The lowest BCUT2D eigenvalue weighted by Gasteiger charge is -2.32. The summed E-state index contributed by atoms with van der Waals surface area (Å²) in [5.74, 6) is -0.717. The summed E-state index contributed by atoms with van der Waals surface area (Å²) in [7, 11) is 0. The number of halogens is 5. The van der Waals surface area contributed by atoms with Crippen LogP contribution in [0.4, 0.5) is 17.6 Å². The van der Waals surface area contributed by atoms with Gasteiger partial charge in [-0.1, -0.05) is 11.6 Å². The zero-order chi connectivity index (χ0) is 28.8. The van der Waals surface area contributed by atoms with Crippen LogP contribution in [0, 0.1) is 12.7 Å². The van der Waals surface area contributed by atoms with Crippen LogP contribution >= 0.6 is 11.6 Å². The van der Waals surface area contributed by atoms with Gasteiger partial charge >= 0.3 is 6.18 Å². The first kappa shape index (κ1) is 29.0. The number of hydrogen-bond donors (Lipinski definition) is 2. The molecule has 1 aliphatic rings. The van der Waals surface area contributed by atoms with Gasteiger partial charge < -0.3 is 15.6 Å². The minimum atomic E-state index is -5.17. The molecule has 4 rings (SSSR count). The van der Waals surface area contributed by atoms with Gasteiger partial charge in [-0.2, -0.15) is 13.2 Å². The second kappa shape index (κ2) is 10.5. The normalized spacial score (nSPS) is 15.6. The Bertz CT molecular complexity index is 1400. The molecule has 5 nitrogen and oxygen atoms in total. The average Bonchev–Trinajstić information content (AvgIpc) is 3.68. The molecule has 0 amide bonds. The lowest BCUT2D eigenvalue weighted by molar-refractivity contribution is -0.270. The smallest absolute Gasteiger partial charge is 0.422 e. The highest BCUT2D eigenvalue weighted by atomic mass is 35.5. The van der Waals surface area contributed by atoms with E-state index in [0.717, 1.165) is 18.9 Å². The Morgan fingerprint density at radius 3 is 2.38 bits per heavy atom. The fraction of sp³-hybridized carbons (Fsp3) is 0.379. The number of ether oxygens (including phenoxy) is 1. The van der Waals surface area contributed by atoms with Crippen molar-refractivity contribution >= 4 is 17.4 Å². The van der Waals surface area contributed by atoms with E-state index in [1.807, 2.05) is 0 Å². The molecule has 0 bridgehead atoms. The number of carbonyl (C=O) groups excluding carboxylic acids is 1. The van der Waals surface area contributed by atoms with Crippen LogP contribution in [0.5, 0.6) is 5.75 Å². The van der Waals surface area contributed by atoms with Gasteiger partial charge in [-0.3, -0.25) is 4.79 Å². The number of Topliss-reactive ketones (excluding diaryl/α,β-unsaturated/α-hetero) is 1. The molecule has 1 aromatic heterocycles. The van der Waals surface area contributed by atoms with Crippen LogP contribution < -0.4 is 10.5 Å². The van der Waals surface area contributed by atoms with Gasteiger partial charge in [0.1, 0.15) is 11.6 Å². The molecule has 0 aliphatic heterocycles. The van der Waals surface area contributed by atoms with Gasteiger partial charge in [0.15, 0.2) is 5.78 Å². The number of rotatable bonds is 9. The summed E-state index contributed by atoms with van der Waals surface area (Å²) in [6.45, 7) is 4.72. The van der Waals surface area contributed by atoms with Gasteiger partial charge in [-0.15, -0.1) is 0 Å². The number of hydrogen-bond acceptors (Lipinski definition) is 5. The third kappa shape index (κ3) is 6.42. The summed E-state index contributed by atoms with van der Waals surface area (Å²) in [5.41, 5.74) is 2.02. The van der Waals surface area contributed by atoms with Gasteiger partial charge in [0.2, 0.25) is 5.60 Å². The second-order valence-corrected chi connectivity index (χ2v) is 11.0. The molecule has 39 heavy (non-hydrogen) atoms. The van der Waals surface area contributed by atoms with E-state index in [9.17, 15) is 27.5 Å². The van der Waals surface area contributed by atoms with Crippen LogP contribution in [-0.4, -0.2) is 28.2 Å². The number of ketones is 1. The van der Waals surface area contributed by atoms with E-state index < -0.39 is 47.5 Å². The molecule has 2 aromatic carbocycles. The van der Waals surface area contributed by atoms with Crippen molar-refractivity contribution < 1.29 is 32.2 Å². The molecule has 0 saturated heterocycles. The topological polar surface area (TPSA) is 85.4 Å². The summed E-state index contributed by atoms with van der Waals surface area (Å²) in [6, 6.07) is 10.9. The molecular weight excluding hydrogens is 536 g/mol. The van der Waals surface area contributed by atoms with E-state index in [1.54, 1.807) is 13.8 Å². The number of nitrogens with two attached hydrogens (primary N) is 1. The summed E-state index contributed by atoms with van der Waals surface area (Å²) in [4.78, 5) is 17.0. The first-order valence-electron chi connectivity index (χ1n) is 12.5. The van der Waals surface area contributed by atoms with Crippen LogP contribution in [-0.2, 0) is 11.1 Å². The van der Waals surface area contributed by atoms with Gasteiger partial charge in [0, 0.05) is 23.1 Å². The highest BCUT2D eigenvalue weighted by Crippen LogP contribution is 2.44. The van der Waals surface area contributed by atoms with Crippen molar-refractivity contribution in [2.75, 3.05) is 0 Å². The molecule has 1 heterocycles. The van der Waals surface area contributed by atoms with Crippen LogP contribution in [0.2, 0.25) is 5.02 Å². The Morgan fingerprint density at radius 2 is 1.82 bits per heavy atom. The average molecular weight is 565 g/mol. The van der Waals surface area contributed by atoms with E-state index in [4.69, 9.17) is 22.1 Å². The molecule has 1 fully saturated rings. The maximum absolute atomic E-state index is 14.4. The molecular formula is C29H29ClF4N2O3. The zero-order valence-electron chi connectivity index (χ0n) is 21.7. The van der Waals surface area contributed by atoms with Crippen LogP contribution in [0.25, 0.3) is 11.3 Å². The maximum atomic E-state index is 14.4. The maximum Gasteiger partial charge on any atom is 0.422 e.